The number of carbonyl (C=O) groups excluding carboxylic acids is 3. The molecule has 0 radical (unpaired) electrons. The van der Waals surface area contributed by atoms with Gasteiger partial charge in [0.2, 0.25) is 17.7 Å². The van der Waals surface area contributed by atoms with Crippen molar-refractivity contribution in [3.05, 3.63) is 18.2 Å². The van der Waals surface area contributed by atoms with Crippen LogP contribution >= 0.6 is 0 Å². The summed E-state index contributed by atoms with van der Waals surface area (Å²) in [7, 11) is 0. The lowest BCUT2D eigenvalue weighted by Gasteiger charge is -2.27. The van der Waals surface area contributed by atoms with Crippen LogP contribution in [-0.2, 0) is 25.6 Å². The van der Waals surface area contributed by atoms with Crippen LogP contribution in [0, 0.1) is 5.92 Å². The molecular formula is C21H37N7O6. The molecule has 0 fully saturated rings. The lowest BCUT2D eigenvalue weighted by molar-refractivity contribution is -0.142. The SMILES string of the molecule is CCC(C)C(NC(=O)C(N)CO)C(=O)NC(Cc1cnc[nH]1)C(=O)NC(CCCCN)C(=O)O. The van der Waals surface area contributed by atoms with Gasteiger partial charge in [-0.3, -0.25) is 14.4 Å². The number of carboxylic acid groups (broad SMARTS) is 1. The summed E-state index contributed by atoms with van der Waals surface area (Å²) >= 11 is 0. The first-order chi connectivity index (χ1) is 16.1. The normalized spacial score (nSPS) is 15.4. The molecule has 0 aliphatic heterocycles. The second kappa shape index (κ2) is 15.0. The number of aromatic nitrogens is 2. The molecule has 0 aliphatic carbocycles. The Kier molecular flexibility index (Phi) is 12.8. The Morgan fingerprint density at radius 2 is 1.76 bits per heavy atom. The van der Waals surface area contributed by atoms with Gasteiger partial charge >= 0.3 is 5.97 Å². The number of unbranched alkanes of at least 4 members (excludes halogenated alkanes) is 1. The van der Waals surface area contributed by atoms with Gasteiger partial charge in [-0.25, -0.2) is 9.78 Å². The number of aliphatic hydroxyl groups excluding tert-OH is 1. The molecule has 0 bridgehead atoms. The molecule has 13 heteroatoms. The Labute approximate surface area is 198 Å². The molecule has 1 rings (SSSR count). The van der Waals surface area contributed by atoms with Crippen molar-refractivity contribution in [3.63, 3.8) is 0 Å². The third-order valence-electron chi connectivity index (χ3n) is 5.50. The van der Waals surface area contributed by atoms with Crippen molar-refractivity contribution in [1.82, 2.24) is 25.9 Å². The van der Waals surface area contributed by atoms with E-state index in [0.29, 0.717) is 31.5 Å². The van der Waals surface area contributed by atoms with Gasteiger partial charge < -0.3 is 42.6 Å². The highest BCUT2D eigenvalue weighted by molar-refractivity contribution is 5.94. The van der Waals surface area contributed by atoms with E-state index in [0.717, 1.165) is 0 Å². The first-order valence-corrected chi connectivity index (χ1v) is 11.3. The molecule has 0 aliphatic rings. The van der Waals surface area contributed by atoms with Crippen LogP contribution in [0.4, 0.5) is 0 Å². The highest BCUT2D eigenvalue weighted by atomic mass is 16.4. The van der Waals surface area contributed by atoms with Crippen molar-refractivity contribution in [2.45, 2.75) is 70.1 Å². The zero-order chi connectivity index (χ0) is 25.7. The molecule has 3 amide bonds. The van der Waals surface area contributed by atoms with E-state index in [1.165, 1.54) is 12.5 Å². The Bertz CT molecular complexity index is 789. The van der Waals surface area contributed by atoms with Gasteiger partial charge in [-0.15, -0.1) is 0 Å². The molecule has 0 saturated heterocycles. The quantitative estimate of drug-likeness (QED) is 0.121. The number of H-pyrrole nitrogens is 1. The monoisotopic (exact) mass is 483 g/mol. The van der Waals surface area contributed by atoms with Crippen LogP contribution in [0.1, 0.15) is 45.2 Å². The van der Waals surface area contributed by atoms with E-state index in [4.69, 9.17) is 16.6 Å². The first-order valence-electron chi connectivity index (χ1n) is 11.3. The van der Waals surface area contributed by atoms with Gasteiger partial charge in [0, 0.05) is 18.3 Å². The number of nitrogens with two attached hydrogens (primary N) is 2. The molecule has 1 heterocycles. The van der Waals surface area contributed by atoms with Crippen molar-refractivity contribution in [2.24, 2.45) is 17.4 Å². The summed E-state index contributed by atoms with van der Waals surface area (Å²) < 4.78 is 0. The summed E-state index contributed by atoms with van der Waals surface area (Å²) in [6.45, 7) is 3.39. The number of imidazole rings is 1. The first kappa shape index (κ1) is 29.0. The fourth-order valence-corrected chi connectivity index (χ4v) is 3.15. The van der Waals surface area contributed by atoms with Crippen molar-refractivity contribution in [1.29, 1.82) is 0 Å². The number of hydrogen-bond acceptors (Lipinski definition) is 8. The predicted molar refractivity (Wildman–Crippen MR) is 123 cm³/mol. The summed E-state index contributed by atoms with van der Waals surface area (Å²) in [6.07, 6.45) is 4.76. The summed E-state index contributed by atoms with van der Waals surface area (Å²) in [4.78, 5) is 56.6. The molecule has 5 unspecified atom stereocenters. The molecule has 1 aromatic rings. The second-order valence-corrected chi connectivity index (χ2v) is 8.19. The highest BCUT2D eigenvalue weighted by Gasteiger charge is 2.32. The van der Waals surface area contributed by atoms with E-state index in [1.54, 1.807) is 6.92 Å². The third kappa shape index (κ3) is 9.45. The summed E-state index contributed by atoms with van der Waals surface area (Å²) in [6, 6.07) is -4.51. The number of aromatic amines is 1. The number of aliphatic hydroxyl groups is 1. The molecule has 0 saturated carbocycles. The Morgan fingerprint density at radius 1 is 1.09 bits per heavy atom. The minimum absolute atomic E-state index is 0.0179. The van der Waals surface area contributed by atoms with Gasteiger partial charge in [0.15, 0.2) is 0 Å². The summed E-state index contributed by atoms with van der Waals surface area (Å²) in [5.74, 6) is -3.54. The van der Waals surface area contributed by atoms with Crippen molar-refractivity contribution < 1.29 is 29.4 Å². The number of hydrogen-bond donors (Lipinski definition) is 8. The number of aliphatic carboxylic acids is 1. The third-order valence-corrected chi connectivity index (χ3v) is 5.50. The zero-order valence-electron chi connectivity index (χ0n) is 19.6. The number of nitrogens with one attached hydrogen (secondary N) is 4. The van der Waals surface area contributed by atoms with Crippen LogP contribution < -0.4 is 27.4 Å². The minimum atomic E-state index is -1.20. The molecule has 5 atom stereocenters. The van der Waals surface area contributed by atoms with E-state index in [1.807, 2.05) is 6.92 Å². The summed E-state index contributed by atoms with van der Waals surface area (Å²) in [5.41, 5.74) is 11.5. The fraction of sp³-hybridized carbons (Fsp3) is 0.667. The minimum Gasteiger partial charge on any atom is -0.480 e. The molecular weight excluding hydrogens is 446 g/mol. The lowest BCUT2D eigenvalue weighted by Crippen LogP contribution is -2.59. The van der Waals surface area contributed by atoms with E-state index >= 15 is 0 Å². The number of carbonyl (C=O) groups is 4. The maximum absolute atomic E-state index is 13.1. The Hall–Kier alpha value is -3.03. The molecule has 192 valence electrons. The molecule has 13 nitrogen and oxygen atoms in total. The smallest absolute Gasteiger partial charge is 0.326 e. The fourth-order valence-electron chi connectivity index (χ4n) is 3.15. The molecule has 1 aromatic heterocycles. The zero-order valence-corrected chi connectivity index (χ0v) is 19.6. The van der Waals surface area contributed by atoms with Gasteiger partial charge in [-0.1, -0.05) is 20.3 Å². The van der Waals surface area contributed by atoms with Crippen LogP contribution in [0.3, 0.4) is 0 Å². The van der Waals surface area contributed by atoms with Crippen LogP contribution in [0.2, 0.25) is 0 Å². The maximum atomic E-state index is 13.1. The number of nitrogens with zero attached hydrogens (tertiary/aromatic N) is 1. The van der Waals surface area contributed by atoms with E-state index in [2.05, 4.69) is 25.9 Å². The molecule has 10 N–H and O–H groups in total. The van der Waals surface area contributed by atoms with Gasteiger partial charge in [0.1, 0.15) is 24.2 Å². The maximum Gasteiger partial charge on any atom is 0.326 e. The van der Waals surface area contributed by atoms with Crippen molar-refractivity contribution in [3.8, 4) is 0 Å². The van der Waals surface area contributed by atoms with E-state index in [-0.39, 0.29) is 18.8 Å². The van der Waals surface area contributed by atoms with Crippen LogP contribution in [0.5, 0.6) is 0 Å². The topological polar surface area (TPSA) is 226 Å². The Morgan fingerprint density at radius 3 is 2.29 bits per heavy atom. The van der Waals surface area contributed by atoms with Gasteiger partial charge in [-0.05, 0) is 31.7 Å². The predicted octanol–water partition coefficient (Wildman–Crippen LogP) is -2.01. The van der Waals surface area contributed by atoms with Gasteiger partial charge in [0.05, 0.1) is 12.9 Å². The van der Waals surface area contributed by atoms with Crippen molar-refractivity contribution >= 4 is 23.7 Å². The average molecular weight is 484 g/mol. The van der Waals surface area contributed by atoms with Crippen LogP contribution in [-0.4, -0.2) is 81.2 Å². The molecule has 34 heavy (non-hydrogen) atoms. The summed E-state index contributed by atoms with van der Waals surface area (Å²) in [5, 5.41) is 26.2. The van der Waals surface area contributed by atoms with E-state index < -0.39 is 54.5 Å². The lowest BCUT2D eigenvalue weighted by atomic mass is 9.97. The number of carboxylic acids is 1. The molecule has 0 spiro atoms. The second-order valence-electron chi connectivity index (χ2n) is 8.19. The van der Waals surface area contributed by atoms with Crippen LogP contribution in [0.15, 0.2) is 12.5 Å². The van der Waals surface area contributed by atoms with Crippen LogP contribution in [0.25, 0.3) is 0 Å². The molecule has 0 aromatic carbocycles. The standard InChI is InChI=1S/C21H37N7O6/c1-3-12(2)17(28-18(30)14(23)10-29)20(32)27-16(8-13-9-24-11-25-13)19(31)26-15(21(33)34)6-4-5-7-22/h9,11-12,14-17,29H,3-8,10,22-23H2,1-2H3,(H,24,25)(H,26,31)(H,27,32)(H,28,30)(H,33,34). The van der Waals surface area contributed by atoms with Gasteiger partial charge in [-0.2, -0.15) is 0 Å². The van der Waals surface area contributed by atoms with Gasteiger partial charge in [0.25, 0.3) is 0 Å². The number of amides is 3. The van der Waals surface area contributed by atoms with E-state index in [9.17, 15) is 24.3 Å². The average Bonchev–Trinajstić information content (AvgIpc) is 3.33. The Balaban J connectivity index is 3.04. The largest absolute Gasteiger partial charge is 0.480 e. The highest BCUT2D eigenvalue weighted by Crippen LogP contribution is 2.10. The van der Waals surface area contributed by atoms with Crippen molar-refractivity contribution in [2.75, 3.05) is 13.2 Å². The number of rotatable bonds is 16.